The summed E-state index contributed by atoms with van der Waals surface area (Å²) in [5, 5.41) is 3.37. The number of rotatable bonds is 4. The normalized spacial score (nSPS) is 10.7. The molecule has 20 heavy (non-hydrogen) atoms. The Morgan fingerprint density at radius 1 is 1.50 bits per heavy atom. The molecule has 0 saturated carbocycles. The van der Waals surface area contributed by atoms with Gasteiger partial charge in [0.1, 0.15) is 5.75 Å². The summed E-state index contributed by atoms with van der Waals surface area (Å²) in [5.74, 6) is 0.650. The number of nitrogens with one attached hydrogen (secondary N) is 2. The van der Waals surface area contributed by atoms with Gasteiger partial charge in [-0.05, 0) is 18.2 Å². The number of benzene rings is 1. The Morgan fingerprint density at radius 3 is 3.15 bits per heavy atom. The largest absolute Gasteiger partial charge is 0.497 e. The molecule has 0 radical (unpaired) electrons. The van der Waals surface area contributed by atoms with Crippen LogP contribution in [0.25, 0.3) is 10.2 Å². The molecule has 0 spiro atoms. The Hall–Kier alpha value is -2.41. The van der Waals surface area contributed by atoms with Crippen molar-refractivity contribution in [2.45, 2.75) is 6.42 Å². The number of carbonyl (C=O) groups is 1. The first-order chi connectivity index (χ1) is 9.74. The van der Waals surface area contributed by atoms with E-state index in [1.807, 2.05) is 18.2 Å². The number of imidazole rings is 1. The number of aromatic amines is 1. The molecule has 0 saturated heterocycles. The lowest BCUT2D eigenvalue weighted by molar-refractivity contribution is -0.115. The number of anilines is 1. The molecule has 2 N–H and O–H groups in total. The summed E-state index contributed by atoms with van der Waals surface area (Å²) >= 11 is 1.42. The topological polar surface area (TPSA) is 79.9 Å². The first kappa shape index (κ1) is 12.6. The molecule has 3 aromatic rings. The van der Waals surface area contributed by atoms with Crippen molar-refractivity contribution >= 4 is 32.6 Å². The summed E-state index contributed by atoms with van der Waals surface area (Å²) in [6.07, 6.45) is 3.43. The predicted molar refractivity (Wildman–Crippen MR) is 77.1 cm³/mol. The van der Waals surface area contributed by atoms with Crippen molar-refractivity contribution in [2.24, 2.45) is 0 Å². The first-order valence-corrected chi connectivity index (χ1v) is 6.78. The highest BCUT2D eigenvalue weighted by Crippen LogP contribution is 2.29. The molecule has 102 valence electrons. The van der Waals surface area contributed by atoms with Gasteiger partial charge in [-0.2, -0.15) is 0 Å². The van der Waals surface area contributed by atoms with Crippen LogP contribution in [0.4, 0.5) is 5.13 Å². The van der Waals surface area contributed by atoms with Gasteiger partial charge in [-0.25, -0.2) is 9.97 Å². The maximum atomic E-state index is 11.9. The number of methoxy groups -OCH3 is 1. The summed E-state index contributed by atoms with van der Waals surface area (Å²) in [6, 6.07) is 5.62. The van der Waals surface area contributed by atoms with Crippen molar-refractivity contribution in [3.05, 3.63) is 36.4 Å². The van der Waals surface area contributed by atoms with Crippen LogP contribution in [0.3, 0.4) is 0 Å². The number of ether oxygens (including phenoxy) is 1. The quantitative estimate of drug-likeness (QED) is 0.771. The molecule has 1 amide bonds. The molecule has 6 nitrogen and oxygen atoms in total. The van der Waals surface area contributed by atoms with E-state index in [1.165, 1.54) is 11.3 Å². The van der Waals surface area contributed by atoms with Crippen LogP contribution in [0, 0.1) is 0 Å². The van der Waals surface area contributed by atoms with E-state index in [-0.39, 0.29) is 12.3 Å². The molecule has 0 aliphatic heterocycles. The summed E-state index contributed by atoms with van der Waals surface area (Å²) < 4.78 is 6.14. The van der Waals surface area contributed by atoms with Crippen molar-refractivity contribution in [2.75, 3.05) is 12.4 Å². The number of carbonyl (C=O) groups excluding carboxylic acids is 1. The van der Waals surface area contributed by atoms with Gasteiger partial charge >= 0.3 is 0 Å². The standard InChI is InChI=1S/C13H12N4O2S/c1-19-9-2-3-10-11(5-9)20-13(16-10)17-12(18)4-8-6-14-7-15-8/h2-3,5-7H,4H2,1H3,(H,14,15)(H,16,17,18). The lowest BCUT2D eigenvalue weighted by Gasteiger charge is -1.98. The minimum absolute atomic E-state index is 0.125. The number of amides is 1. The summed E-state index contributed by atoms with van der Waals surface area (Å²) in [6.45, 7) is 0. The fraction of sp³-hybridized carbons (Fsp3) is 0.154. The fourth-order valence-corrected chi connectivity index (χ4v) is 2.71. The van der Waals surface area contributed by atoms with Crippen LogP contribution >= 0.6 is 11.3 Å². The SMILES string of the molecule is COc1ccc2nc(NC(=O)Cc3cnc[nH]3)sc2c1. The van der Waals surface area contributed by atoms with Crippen molar-refractivity contribution in [1.29, 1.82) is 0 Å². The smallest absolute Gasteiger partial charge is 0.232 e. The third-order valence-electron chi connectivity index (χ3n) is 2.75. The molecule has 1 aromatic carbocycles. The number of aromatic nitrogens is 3. The van der Waals surface area contributed by atoms with Gasteiger partial charge in [-0.3, -0.25) is 4.79 Å². The Balaban J connectivity index is 1.75. The molecule has 0 unspecified atom stereocenters. The number of H-pyrrole nitrogens is 1. The Bertz CT molecular complexity index is 736. The molecule has 0 aliphatic rings. The molecule has 0 atom stereocenters. The molecule has 0 bridgehead atoms. The summed E-state index contributed by atoms with van der Waals surface area (Å²) in [7, 11) is 1.62. The Labute approximate surface area is 118 Å². The highest BCUT2D eigenvalue weighted by molar-refractivity contribution is 7.22. The van der Waals surface area contributed by atoms with Gasteiger partial charge in [0.2, 0.25) is 5.91 Å². The van der Waals surface area contributed by atoms with Crippen molar-refractivity contribution in [1.82, 2.24) is 15.0 Å². The fourth-order valence-electron chi connectivity index (χ4n) is 1.80. The zero-order valence-corrected chi connectivity index (χ0v) is 11.5. The van der Waals surface area contributed by atoms with Crippen LogP contribution in [0.15, 0.2) is 30.7 Å². The van der Waals surface area contributed by atoms with E-state index in [2.05, 4.69) is 20.3 Å². The summed E-state index contributed by atoms with van der Waals surface area (Å²) in [4.78, 5) is 23.0. The van der Waals surface area contributed by atoms with Gasteiger partial charge in [-0.15, -0.1) is 0 Å². The third-order valence-corrected chi connectivity index (χ3v) is 3.68. The maximum Gasteiger partial charge on any atom is 0.232 e. The van der Waals surface area contributed by atoms with Gasteiger partial charge in [0.25, 0.3) is 0 Å². The van der Waals surface area contributed by atoms with Crippen LogP contribution in [-0.4, -0.2) is 28.0 Å². The van der Waals surface area contributed by atoms with Gasteiger partial charge < -0.3 is 15.0 Å². The van der Waals surface area contributed by atoms with E-state index in [0.717, 1.165) is 21.7 Å². The number of hydrogen-bond acceptors (Lipinski definition) is 5. The molecule has 7 heteroatoms. The second-order valence-electron chi connectivity index (χ2n) is 4.15. The Morgan fingerprint density at radius 2 is 2.40 bits per heavy atom. The van der Waals surface area contributed by atoms with Crippen LogP contribution in [0.2, 0.25) is 0 Å². The van der Waals surface area contributed by atoms with E-state index in [9.17, 15) is 4.79 Å². The second kappa shape index (κ2) is 5.30. The molecule has 0 fully saturated rings. The lowest BCUT2D eigenvalue weighted by atomic mass is 10.3. The predicted octanol–water partition coefficient (Wildman–Crippen LogP) is 2.21. The van der Waals surface area contributed by atoms with Crippen LogP contribution < -0.4 is 10.1 Å². The zero-order valence-electron chi connectivity index (χ0n) is 10.7. The minimum Gasteiger partial charge on any atom is -0.497 e. The number of nitrogens with zero attached hydrogens (tertiary/aromatic N) is 2. The number of hydrogen-bond donors (Lipinski definition) is 2. The molecule has 3 rings (SSSR count). The number of thiazole rings is 1. The van der Waals surface area contributed by atoms with Crippen LogP contribution in [0.1, 0.15) is 5.69 Å². The van der Waals surface area contributed by atoms with E-state index >= 15 is 0 Å². The van der Waals surface area contributed by atoms with Gasteiger partial charge in [0, 0.05) is 11.9 Å². The van der Waals surface area contributed by atoms with Gasteiger partial charge in [-0.1, -0.05) is 11.3 Å². The van der Waals surface area contributed by atoms with E-state index in [1.54, 1.807) is 19.6 Å². The van der Waals surface area contributed by atoms with E-state index < -0.39 is 0 Å². The zero-order chi connectivity index (χ0) is 13.9. The molecule has 0 aliphatic carbocycles. The van der Waals surface area contributed by atoms with Gasteiger partial charge in [0.05, 0.1) is 30.1 Å². The van der Waals surface area contributed by atoms with Crippen molar-refractivity contribution in [3.63, 3.8) is 0 Å². The molecule has 2 aromatic heterocycles. The Kier molecular flexibility index (Phi) is 3.34. The highest BCUT2D eigenvalue weighted by atomic mass is 32.1. The second-order valence-corrected chi connectivity index (χ2v) is 5.19. The van der Waals surface area contributed by atoms with E-state index in [4.69, 9.17) is 4.74 Å². The summed E-state index contributed by atoms with van der Waals surface area (Å²) in [5.41, 5.74) is 1.61. The van der Waals surface area contributed by atoms with E-state index in [0.29, 0.717) is 5.13 Å². The monoisotopic (exact) mass is 288 g/mol. The van der Waals surface area contributed by atoms with Gasteiger partial charge in [0.15, 0.2) is 5.13 Å². The first-order valence-electron chi connectivity index (χ1n) is 5.96. The molecular weight excluding hydrogens is 276 g/mol. The third kappa shape index (κ3) is 2.62. The highest BCUT2D eigenvalue weighted by Gasteiger charge is 2.09. The van der Waals surface area contributed by atoms with Crippen molar-refractivity contribution in [3.8, 4) is 5.75 Å². The van der Waals surface area contributed by atoms with Crippen molar-refractivity contribution < 1.29 is 9.53 Å². The molecule has 2 heterocycles. The number of fused-ring (bicyclic) bond motifs is 1. The maximum absolute atomic E-state index is 11.9. The lowest BCUT2D eigenvalue weighted by Crippen LogP contribution is -2.14. The minimum atomic E-state index is -0.125. The average molecular weight is 288 g/mol. The van der Waals surface area contributed by atoms with Crippen LogP contribution in [0.5, 0.6) is 5.75 Å². The average Bonchev–Trinajstić information content (AvgIpc) is 3.06. The van der Waals surface area contributed by atoms with Crippen LogP contribution in [-0.2, 0) is 11.2 Å². The molecular formula is C13H12N4O2S.